The fourth-order valence-corrected chi connectivity index (χ4v) is 16.0. The molecule has 0 aliphatic carbocycles. The average Bonchev–Trinajstić information content (AvgIpc) is 2.89. The minimum absolute atomic E-state index is 0.873. The first-order chi connectivity index (χ1) is 18.8. The normalized spacial score (nSPS) is 13.7. The molecule has 0 fully saturated rings. The molecule has 0 radical (unpaired) electrons. The molecule has 0 heterocycles. The first kappa shape index (κ1) is 39.8. The van der Waals surface area contributed by atoms with Crippen molar-refractivity contribution in [2.75, 3.05) is 34.5 Å². The van der Waals surface area contributed by atoms with Gasteiger partial charge >= 0.3 is 7.91 Å². The molecule has 0 aliphatic heterocycles. The summed E-state index contributed by atoms with van der Waals surface area (Å²) in [6.45, 7) is 13.3. The molecule has 7 heteroatoms. The number of halogens is 1. The standard InChI is InChI=1S/C32H70FO3PS2/c1-7-13-19-25-31-38(27-21-15-9-3,28-22-16-10-4)35-37(33,34)36-39(29-23-17-11-5,30-24-18-12-6)32-26-20-14-8-2/h7-32H2,1-6H3. The van der Waals surface area contributed by atoms with Crippen LogP contribution in [0.15, 0.2) is 0 Å². The van der Waals surface area contributed by atoms with Crippen molar-refractivity contribution in [2.45, 2.75) is 170 Å². The molecule has 0 aromatic carbocycles. The zero-order valence-corrected chi connectivity index (χ0v) is 29.8. The Labute approximate surface area is 249 Å². The highest BCUT2D eigenvalue weighted by Crippen LogP contribution is 2.73. The van der Waals surface area contributed by atoms with Crippen LogP contribution >= 0.6 is 28.5 Å². The lowest BCUT2D eigenvalue weighted by atomic mass is 10.2. The summed E-state index contributed by atoms with van der Waals surface area (Å²) in [6, 6.07) is 0. The van der Waals surface area contributed by atoms with Gasteiger partial charge in [0.05, 0.1) is 0 Å². The Morgan fingerprint density at radius 3 is 0.846 bits per heavy atom. The Morgan fingerprint density at radius 1 is 0.410 bits per heavy atom. The molecule has 0 amide bonds. The van der Waals surface area contributed by atoms with Crippen molar-refractivity contribution in [3.63, 3.8) is 0 Å². The van der Waals surface area contributed by atoms with Crippen LogP contribution in [0.25, 0.3) is 0 Å². The van der Waals surface area contributed by atoms with Crippen LogP contribution in [0.5, 0.6) is 0 Å². The van der Waals surface area contributed by atoms with Crippen LogP contribution in [0.2, 0.25) is 0 Å². The number of hydrogen-bond donors (Lipinski definition) is 0. The summed E-state index contributed by atoms with van der Waals surface area (Å²) in [5, 5.41) is 0. The summed E-state index contributed by atoms with van der Waals surface area (Å²) >= 11 is 0. The first-order valence-electron chi connectivity index (χ1n) is 17.0. The van der Waals surface area contributed by atoms with E-state index < -0.39 is 28.5 Å². The van der Waals surface area contributed by atoms with Crippen molar-refractivity contribution in [3.05, 3.63) is 0 Å². The van der Waals surface area contributed by atoms with Crippen LogP contribution in [0, 0.1) is 0 Å². The Hall–Kier alpha value is 0.780. The van der Waals surface area contributed by atoms with Crippen molar-refractivity contribution in [1.29, 1.82) is 0 Å². The van der Waals surface area contributed by atoms with Crippen LogP contribution in [0.4, 0.5) is 4.20 Å². The number of rotatable bonds is 30. The van der Waals surface area contributed by atoms with E-state index in [1.807, 2.05) is 0 Å². The first-order valence-corrected chi connectivity index (χ1v) is 22.6. The summed E-state index contributed by atoms with van der Waals surface area (Å²) < 4.78 is 43.0. The van der Waals surface area contributed by atoms with Gasteiger partial charge in [0.25, 0.3) is 0 Å². The van der Waals surface area contributed by atoms with E-state index in [9.17, 15) is 4.57 Å². The maximum absolute atomic E-state index is 16.4. The van der Waals surface area contributed by atoms with Gasteiger partial charge in [-0.2, -0.15) is 0 Å². The van der Waals surface area contributed by atoms with Gasteiger partial charge in [0, 0.05) is 0 Å². The summed E-state index contributed by atoms with van der Waals surface area (Å²) in [4.78, 5) is 0. The second kappa shape index (κ2) is 25.3. The molecule has 0 saturated heterocycles. The zero-order valence-electron chi connectivity index (χ0n) is 27.3. The summed E-state index contributed by atoms with van der Waals surface area (Å²) in [5.41, 5.74) is 0. The lowest BCUT2D eigenvalue weighted by Gasteiger charge is -2.44. The molecule has 0 bridgehead atoms. The molecule has 0 atom stereocenters. The van der Waals surface area contributed by atoms with E-state index in [-0.39, 0.29) is 0 Å². The second-order valence-corrected chi connectivity index (χ2v) is 20.1. The van der Waals surface area contributed by atoms with Gasteiger partial charge in [0.15, 0.2) is 0 Å². The molecule has 39 heavy (non-hydrogen) atoms. The lowest BCUT2D eigenvalue weighted by Crippen LogP contribution is -2.20. The van der Waals surface area contributed by atoms with Gasteiger partial charge in [-0.25, -0.2) is 12.5 Å². The third-order valence-corrected chi connectivity index (χ3v) is 17.9. The lowest BCUT2D eigenvalue weighted by molar-refractivity contribution is 0.363. The Kier molecular flexibility index (Phi) is 25.8. The molecule has 0 rings (SSSR count). The molecule has 0 unspecified atom stereocenters. The average molecular weight is 617 g/mol. The predicted molar refractivity (Wildman–Crippen MR) is 182 cm³/mol. The molecule has 0 saturated carbocycles. The van der Waals surface area contributed by atoms with Gasteiger partial charge < -0.3 is 0 Å². The molecule has 0 N–H and O–H groups in total. The monoisotopic (exact) mass is 616 g/mol. The van der Waals surface area contributed by atoms with E-state index in [0.717, 1.165) is 137 Å². The smallest absolute Gasteiger partial charge is 0.233 e. The zero-order chi connectivity index (χ0) is 29.3. The van der Waals surface area contributed by atoms with Crippen LogP contribution in [-0.4, -0.2) is 34.5 Å². The van der Waals surface area contributed by atoms with Gasteiger partial charge in [-0.3, -0.25) is 0 Å². The van der Waals surface area contributed by atoms with E-state index in [2.05, 4.69) is 41.5 Å². The topological polar surface area (TPSA) is 35.5 Å². The molecule has 240 valence electrons. The highest BCUT2D eigenvalue weighted by Gasteiger charge is 2.42. The molecular weight excluding hydrogens is 546 g/mol. The quantitative estimate of drug-likeness (QED) is 0.0595. The molecular formula is C32H70FO3PS2. The number of unbranched alkanes of at least 4 members (excludes halogenated alkanes) is 14. The summed E-state index contributed by atoms with van der Waals surface area (Å²) in [5.74, 6) is 5.25. The van der Waals surface area contributed by atoms with Crippen LogP contribution in [0.1, 0.15) is 170 Å². The Bertz CT molecular complexity index is 528. The third kappa shape index (κ3) is 20.3. The third-order valence-electron chi connectivity index (χ3n) is 7.71. The minimum Gasteiger partial charge on any atom is -0.233 e. The fraction of sp³-hybridized carbons (Fsp3) is 1.00. The van der Waals surface area contributed by atoms with Crippen molar-refractivity contribution in [2.24, 2.45) is 0 Å². The Balaban J connectivity index is 6.05. The molecule has 0 spiro atoms. The van der Waals surface area contributed by atoms with Crippen molar-refractivity contribution in [1.82, 2.24) is 0 Å². The van der Waals surface area contributed by atoms with E-state index in [0.29, 0.717) is 0 Å². The maximum Gasteiger partial charge on any atom is 0.532 e. The van der Waals surface area contributed by atoms with Gasteiger partial charge in [0.2, 0.25) is 0 Å². The van der Waals surface area contributed by atoms with Crippen LogP contribution < -0.4 is 0 Å². The highest BCUT2D eigenvalue weighted by molar-refractivity contribution is 8.33. The van der Waals surface area contributed by atoms with E-state index in [4.69, 9.17) is 7.94 Å². The van der Waals surface area contributed by atoms with Gasteiger partial charge in [0.1, 0.15) is 0 Å². The minimum atomic E-state index is -4.67. The van der Waals surface area contributed by atoms with Crippen molar-refractivity contribution in [3.8, 4) is 0 Å². The van der Waals surface area contributed by atoms with Crippen LogP contribution in [0.3, 0.4) is 0 Å². The predicted octanol–water partition coefficient (Wildman–Crippen LogP) is 13.5. The van der Waals surface area contributed by atoms with Gasteiger partial charge in [-0.05, 0) is 73.0 Å². The van der Waals surface area contributed by atoms with Crippen LogP contribution in [-0.2, 0) is 12.5 Å². The largest absolute Gasteiger partial charge is 0.532 e. The number of hydrogen-bond acceptors (Lipinski definition) is 3. The van der Waals surface area contributed by atoms with Gasteiger partial charge in [-0.15, -0.1) is 24.8 Å². The molecule has 0 aliphatic rings. The second-order valence-electron chi connectivity index (χ2n) is 11.7. The maximum atomic E-state index is 16.4. The van der Waals surface area contributed by atoms with E-state index in [1.165, 1.54) is 25.7 Å². The van der Waals surface area contributed by atoms with Gasteiger partial charge in [-0.1, -0.05) is 131 Å². The van der Waals surface area contributed by atoms with Crippen molar-refractivity contribution < 1.29 is 16.7 Å². The molecule has 0 aromatic rings. The summed E-state index contributed by atoms with van der Waals surface area (Å²) in [6.07, 6.45) is 22.3. The fourth-order valence-electron chi connectivity index (χ4n) is 5.27. The highest BCUT2D eigenvalue weighted by atomic mass is 32.3. The Morgan fingerprint density at radius 2 is 0.615 bits per heavy atom. The molecule has 0 aromatic heterocycles. The molecule has 3 nitrogen and oxygen atoms in total. The summed E-state index contributed by atoms with van der Waals surface area (Å²) in [7, 11) is -8.23. The SMILES string of the molecule is CCCCCCS(CCCCC)(CCCCC)OP(=O)(F)OS(CCCCC)(CCCCC)CCCCCC. The van der Waals surface area contributed by atoms with E-state index in [1.54, 1.807) is 0 Å². The van der Waals surface area contributed by atoms with Crippen molar-refractivity contribution >= 4 is 28.5 Å². The van der Waals surface area contributed by atoms with E-state index >= 15 is 4.20 Å².